The molecule has 5 fully saturated rings. The average Bonchev–Trinajstić information content (AvgIpc) is 0.458. The Morgan fingerprint density at radius 1 is 0.343 bits per heavy atom. The molecule has 5 aliphatic carbocycles. The second-order valence-corrected chi connectivity index (χ2v) is 40.4. The van der Waals surface area contributed by atoms with E-state index in [0.29, 0.717) is 71.6 Å². The topological polar surface area (TPSA) is 325 Å². The Kier molecular flexibility index (Phi) is 67.6. The second-order valence-electron chi connectivity index (χ2n) is 30.6. The van der Waals surface area contributed by atoms with Crippen LogP contribution in [-0.4, -0.2) is 409 Å². The van der Waals surface area contributed by atoms with E-state index in [0.717, 1.165) is 25.7 Å². The van der Waals surface area contributed by atoms with Crippen LogP contribution >= 0.6 is 38.0 Å². The molecule has 34 heteroatoms. The minimum atomic E-state index is -3.31. The molecule has 0 aliphatic heterocycles. The first kappa shape index (κ1) is 118. The second kappa shape index (κ2) is 60.2. The normalized spacial score (nSPS) is 30.1. The van der Waals surface area contributed by atoms with Crippen LogP contribution in [0.5, 0.6) is 0 Å². The molecule has 21 unspecified atom stereocenters. The number of aliphatic hydroxyl groups excluding tert-OH is 5. The molecule has 0 heterocycles. The average molecular weight is 2110 g/mol. The Balaban J connectivity index is -0.000000192. The Morgan fingerprint density at radius 3 is 0.962 bits per heavy atom. The minimum absolute atomic E-state index is 0. The smallest absolute Gasteiger partial charge is 1.00 e. The van der Waals surface area contributed by atoms with Crippen molar-refractivity contribution in [2.24, 2.45) is 35.5 Å². The summed E-state index contributed by atoms with van der Waals surface area (Å²) in [5.41, 5.74) is 0. The zero-order chi connectivity index (χ0) is 77.6. The van der Waals surface area contributed by atoms with E-state index in [1.807, 2.05) is 151 Å². The van der Waals surface area contributed by atoms with Gasteiger partial charge in [-0.25, -0.2) is 0 Å². The first-order chi connectivity index (χ1) is 46.4. The number of hydrogen-bond acceptors (Lipinski definition) is 25. The Morgan fingerprint density at radius 2 is 0.629 bits per heavy atom. The predicted molar refractivity (Wildman–Crippen MR) is 426 cm³/mol. The van der Waals surface area contributed by atoms with Crippen molar-refractivity contribution >= 4 is 234 Å². The Labute approximate surface area is 804 Å². The third-order valence-corrected chi connectivity index (χ3v) is 23.3. The van der Waals surface area contributed by atoms with Gasteiger partial charge in [0.15, 0.2) is 0 Å². The summed E-state index contributed by atoms with van der Waals surface area (Å²) in [6, 6.07) is 0. The van der Waals surface area contributed by atoms with E-state index in [2.05, 4.69) is 6.42 Å². The maximum Gasteiger partial charge on any atom is 2.00 e. The molecule has 0 saturated heterocycles. The van der Waals surface area contributed by atoms with Gasteiger partial charge in [0.25, 0.3) is 0 Å². The molecule has 5 rings (SSSR count). The molecule has 5 aliphatic rings. The largest absolute Gasteiger partial charge is 2.00 e. The van der Waals surface area contributed by atoms with E-state index >= 15 is 0 Å². The predicted octanol–water partition coefficient (Wildman–Crippen LogP) is 14.5. The van der Waals surface area contributed by atoms with Crippen LogP contribution in [0, 0.1) is 61.2 Å². The van der Waals surface area contributed by atoms with Gasteiger partial charge < -0.3 is 113 Å². The molecule has 0 radical (unpaired) electrons. The quantitative estimate of drug-likeness (QED) is 0.0224. The molecular weight excluding hydrogens is 1960 g/mol. The number of ether oxygens (including phenoxy) is 5. The van der Waals surface area contributed by atoms with Gasteiger partial charge >= 0.3 is 234 Å². The summed E-state index contributed by atoms with van der Waals surface area (Å²) in [7, 11) is -15.7. The first-order valence-corrected chi connectivity index (χ1v) is 46.9. The molecule has 0 bridgehead atoms. The van der Waals surface area contributed by atoms with E-state index in [4.69, 9.17) is 68.9 Å². The van der Waals surface area contributed by atoms with Gasteiger partial charge in [-0.1, -0.05) is 25.6 Å². The fraction of sp³-hybridized carbons (Fsp3) is 0.944. The molecule has 5 saturated carbocycles. The monoisotopic (exact) mass is 2110 g/mol. The first-order valence-electron chi connectivity index (χ1n) is 36.9. The molecule has 5 N–H and O–H groups in total. The van der Waals surface area contributed by atoms with Gasteiger partial charge in [-0.15, -0.1) is 0 Å². The summed E-state index contributed by atoms with van der Waals surface area (Å²) in [4.78, 5) is 0. The number of rotatable bonds is 35. The maximum absolute atomic E-state index is 12.4. The summed E-state index contributed by atoms with van der Waals surface area (Å²) < 4.78 is 145. The van der Waals surface area contributed by atoms with Crippen LogP contribution in [0.2, 0.25) is 0 Å². The summed E-state index contributed by atoms with van der Waals surface area (Å²) in [5, 5.41) is 50.0. The molecule has 0 amide bonds. The van der Waals surface area contributed by atoms with Crippen LogP contribution in [0.3, 0.4) is 0 Å². The van der Waals surface area contributed by atoms with Crippen molar-refractivity contribution in [1.82, 2.24) is 0 Å². The van der Waals surface area contributed by atoms with Crippen molar-refractivity contribution in [2.75, 3.05) is 66.4 Å². The summed E-state index contributed by atoms with van der Waals surface area (Å²) in [5.74, 6) is 0.276. The maximum atomic E-state index is 12.4. The van der Waals surface area contributed by atoms with Crippen LogP contribution < -0.4 is 0 Å². The van der Waals surface area contributed by atoms with Crippen molar-refractivity contribution in [3.05, 3.63) is 25.7 Å². The van der Waals surface area contributed by atoms with Crippen molar-refractivity contribution in [2.45, 2.75) is 332 Å². The van der Waals surface area contributed by atoms with Gasteiger partial charge in [0.05, 0.1) is 104 Å². The third-order valence-electron chi connectivity index (χ3n) is 16.0. The molecular formula is C71H147Ba4O25P5. The third kappa shape index (κ3) is 56.0. The van der Waals surface area contributed by atoms with E-state index in [1.165, 1.54) is 26.7 Å². The van der Waals surface area contributed by atoms with Crippen LogP contribution in [0.25, 0.3) is 0 Å². The van der Waals surface area contributed by atoms with E-state index < -0.39 is 80.7 Å². The minimum Gasteiger partial charge on any atom is -1.00 e. The van der Waals surface area contributed by atoms with E-state index in [9.17, 15) is 48.4 Å². The SMILES string of the molecule is CC(C)OCC1CC(C)C(O)C(O)C1OP(C)(=O)OC(C)C.CC(C)OCC1C[CH-]C(O)CC1OP(C)(=O)OC(C)C.CC(C)OCC1C[CH-]C(O)CC1OP(C)(=O)OC(C)C.CC(C)OCC1C[CH-]CC(O)C1OP(C)(=O)OC(C)C.CC(C)OCC1C[CH-]CCC1OP(C)(=O)OC(C)C.[Ba+2].[Ba+2].[Ba+2].[Ba+2].[H-].[H-].[H-].[H-]. The zero-order valence-corrected chi connectivity index (χ0v) is 91.6. The van der Waals surface area contributed by atoms with Crippen molar-refractivity contribution in [3.8, 4) is 0 Å². The van der Waals surface area contributed by atoms with Gasteiger partial charge in [0.2, 0.25) is 0 Å². The summed E-state index contributed by atoms with van der Waals surface area (Å²) in [6.07, 6.45) is 9.34. The van der Waals surface area contributed by atoms with Gasteiger partial charge in [-0.2, -0.15) is 38.5 Å². The van der Waals surface area contributed by atoms with Crippen molar-refractivity contribution < 1.29 is 123 Å². The zero-order valence-electron chi connectivity index (χ0n) is 73.4. The molecule has 0 aromatic carbocycles. The molecule has 25 nitrogen and oxygen atoms in total. The molecule has 105 heavy (non-hydrogen) atoms. The van der Waals surface area contributed by atoms with E-state index in [1.54, 1.807) is 20.5 Å². The van der Waals surface area contributed by atoms with Crippen molar-refractivity contribution in [3.63, 3.8) is 0 Å². The van der Waals surface area contributed by atoms with Crippen molar-refractivity contribution in [1.29, 1.82) is 0 Å². The van der Waals surface area contributed by atoms with Crippen LogP contribution in [-0.2, 0) is 91.7 Å². The molecule has 21 atom stereocenters. The number of aliphatic hydroxyl groups is 5. The molecule has 0 aromatic rings. The fourth-order valence-electron chi connectivity index (χ4n) is 12.0. The van der Waals surface area contributed by atoms with Gasteiger partial charge in [-0.05, 0) is 187 Å². The Bertz CT molecular complexity index is 2420. The van der Waals surface area contributed by atoms with Crippen LogP contribution in [0.15, 0.2) is 0 Å². The number of hydrogen-bond donors (Lipinski definition) is 5. The van der Waals surface area contributed by atoms with Crippen LogP contribution in [0.4, 0.5) is 0 Å². The molecule has 614 valence electrons. The summed E-state index contributed by atoms with van der Waals surface area (Å²) in [6.45, 7) is 49.8. The van der Waals surface area contributed by atoms with Gasteiger partial charge in [0, 0.05) is 65.7 Å². The Hall–Kier alpha value is 6.64. The van der Waals surface area contributed by atoms with Gasteiger partial charge in [0.1, 0.15) is 12.2 Å². The van der Waals surface area contributed by atoms with E-state index in [-0.39, 0.29) is 316 Å². The standard InChI is InChI=1S/C15H31O6P.3C14H28O5P.C14H28O4P.4Ba.4H/c1-9(2)19-8-12-7-11(5)13(16)14(17)15(12)21-22(6,18)20-10(3)4;2*1-10(2)17-9-12-6-7-13(15)8-14(12)19-20(5,16)18-11(3)4;1-10(2)17-9-12-7-6-8-13(15)14(12)19-20(5,16)18-11(3)4;1-11(2)16-10-13-8-6-7-9-14(13)18-19(5,15)17-12(3)4;;;;;;;;/h9-17H,7-8H2,1-6H3;2*7,10-15H,6,8-9H2,1-5H3;6,10-15H,7-9H2,1-5H3;6,11-14H,7-10H2,1-5H3;;;;;;;;/q;4*-1;4*+2;4*-1. The molecule has 0 spiro atoms. The summed E-state index contributed by atoms with van der Waals surface area (Å²) >= 11 is 0. The van der Waals surface area contributed by atoms with Gasteiger partial charge in [-0.3, -0.25) is 35.7 Å². The fourth-order valence-corrected chi connectivity index (χ4v) is 19.8. The van der Waals surface area contributed by atoms with Crippen LogP contribution in [0.1, 0.15) is 215 Å². The molecule has 0 aromatic heterocycles.